The number of ether oxygens (including phenoxy) is 1. The summed E-state index contributed by atoms with van der Waals surface area (Å²) < 4.78 is 7.12. The number of hydrogen-bond acceptors (Lipinski definition) is 4. The lowest BCUT2D eigenvalue weighted by molar-refractivity contribution is 0.183. The van der Waals surface area contributed by atoms with E-state index in [0.717, 1.165) is 42.9 Å². The fourth-order valence-corrected chi connectivity index (χ4v) is 3.97. The number of pyridine rings is 1. The quantitative estimate of drug-likeness (QED) is 0.891. The van der Waals surface area contributed by atoms with Crippen molar-refractivity contribution in [1.82, 2.24) is 9.47 Å². The van der Waals surface area contributed by atoms with E-state index in [2.05, 4.69) is 4.90 Å². The Bertz CT molecular complexity index is 822. The van der Waals surface area contributed by atoms with Gasteiger partial charge in [-0.25, -0.2) is 0 Å². The van der Waals surface area contributed by atoms with E-state index in [1.54, 1.807) is 17.7 Å². The molecule has 1 aliphatic heterocycles. The van der Waals surface area contributed by atoms with E-state index >= 15 is 0 Å². The van der Waals surface area contributed by atoms with Crippen LogP contribution in [0.15, 0.2) is 35.1 Å². The highest BCUT2D eigenvalue weighted by atomic mass is 16.5. The molecule has 2 heterocycles. The van der Waals surface area contributed by atoms with Crippen molar-refractivity contribution in [2.24, 2.45) is 0 Å². The zero-order valence-corrected chi connectivity index (χ0v) is 15.9. The molecule has 1 aromatic heterocycles. The molecule has 0 radical (unpaired) electrons. The normalized spacial score (nSPS) is 16.4. The van der Waals surface area contributed by atoms with Gasteiger partial charge in [-0.15, -0.1) is 0 Å². The zero-order chi connectivity index (χ0) is 18.7. The number of hydrogen-bond donors (Lipinski definition) is 1. The summed E-state index contributed by atoms with van der Waals surface area (Å²) in [6, 6.07) is 9.25. The summed E-state index contributed by atoms with van der Waals surface area (Å²) in [6.07, 6.45) is 3.42. The molecular formula is C21H28N2O3. The van der Waals surface area contributed by atoms with E-state index in [1.807, 2.05) is 38.1 Å². The molecule has 1 saturated heterocycles. The molecule has 3 rings (SSSR count). The topological polar surface area (TPSA) is 54.7 Å². The van der Waals surface area contributed by atoms with E-state index in [1.165, 1.54) is 6.42 Å². The van der Waals surface area contributed by atoms with Gasteiger partial charge in [-0.2, -0.15) is 0 Å². The molecule has 0 saturated carbocycles. The summed E-state index contributed by atoms with van der Waals surface area (Å²) >= 11 is 0. The van der Waals surface area contributed by atoms with E-state index < -0.39 is 0 Å². The zero-order valence-electron chi connectivity index (χ0n) is 15.9. The van der Waals surface area contributed by atoms with Crippen molar-refractivity contribution in [3.05, 3.63) is 57.5 Å². The first-order valence-electron chi connectivity index (χ1n) is 9.38. The van der Waals surface area contributed by atoms with Gasteiger partial charge in [0.15, 0.2) is 0 Å². The van der Waals surface area contributed by atoms with Crippen LogP contribution in [0, 0.1) is 6.92 Å². The Labute approximate surface area is 154 Å². The standard InChI is InChI=1S/C21H28N2O3/c1-4-23-15(2)13-18(24)19(21(23)25)20(22-11-6-5-7-12-22)16-9-8-10-17(14-16)26-3/h8-10,13-14,20,24H,4-7,11-12H2,1-3H3/t20-/m1/s1. The molecule has 1 fully saturated rings. The second kappa shape index (κ2) is 7.96. The number of nitrogens with zero attached hydrogens (tertiary/aromatic N) is 2. The summed E-state index contributed by atoms with van der Waals surface area (Å²) in [5.74, 6) is 0.836. The molecule has 1 aliphatic rings. The van der Waals surface area contributed by atoms with Gasteiger partial charge in [-0.3, -0.25) is 9.69 Å². The first-order chi connectivity index (χ1) is 12.6. The lowest BCUT2D eigenvalue weighted by atomic mass is 9.94. The van der Waals surface area contributed by atoms with E-state index in [-0.39, 0.29) is 17.4 Å². The predicted molar refractivity (Wildman–Crippen MR) is 103 cm³/mol. The molecule has 0 spiro atoms. The van der Waals surface area contributed by atoms with Gasteiger partial charge in [0.1, 0.15) is 11.5 Å². The van der Waals surface area contributed by atoms with E-state index in [4.69, 9.17) is 4.74 Å². The van der Waals surface area contributed by atoms with Crippen molar-refractivity contribution >= 4 is 0 Å². The summed E-state index contributed by atoms with van der Waals surface area (Å²) in [5, 5.41) is 10.7. The van der Waals surface area contributed by atoms with Crippen molar-refractivity contribution in [1.29, 1.82) is 0 Å². The second-order valence-corrected chi connectivity index (χ2v) is 6.91. The van der Waals surface area contributed by atoms with Crippen molar-refractivity contribution in [3.63, 3.8) is 0 Å². The third kappa shape index (κ3) is 3.49. The van der Waals surface area contributed by atoms with Crippen LogP contribution >= 0.6 is 0 Å². The Balaban J connectivity index is 2.19. The van der Waals surface area contributed by atoms with Crippen molar-refractivity contribution in [2.45, 2.75) is 45.7 Å². The number of benzene rings is 1. The van der Waals surface area contributed by atoms with Crippen LogP contribution in [0.4, 0.5) is 0 Å². The number of piperidine rings is 1. The van der Waals surface area contributed by atoms with Crippen LogP contribution in [-0.4, -0.2) is 34.8 Å². The molecule has 1 aromatic carbocycles. The molecule has 0 aliphatic carbocycles. The van der Waals surface area contributed by atoms with Gasteiger partial charge in [-0.1, -0.05) is 18.6 Å². The van der Waals surface area contributed by atoms with Crippen molar-refractivity contribution in [2.75, 3.05) is 20.2 Å². The maximum absolute atomic E-state index is 13.2. The van der Waals surface area contributed by atoms with Crippen molar-refractivity contribution in [3.8, 4) is 11.5 Å². The van der Waals surface area contributed by atoms with Crippen LogP contribution in [-0.2, 0) is 6.54 Å². The Morgan fingerprint density at radius 1 is 1.19 bits per heavy atom. The van der Waals surface area contributed by atoms with E-state index in [9.17, 15) is 9.90 Å². The van der Waals surface area contributed by atoms with Gasteiger partial charge in [0.25, 0.3) is 5.56 Å². The summed E-state index contributed by atoms with van der Waals surface area (Å²) in [6.45, 7) is 6.23. The monoisotopic (exact) mass is 356 g/mol. The average Bonchev–Trinajstić information content (AvgIpc) is 2.66. The van der Waals surface area contributed by atoms with Gasteiger partial charge in [0.05, 0.1) is 18.7 Å². The minimum atomic E-state index is -0.267. The van der Waals surface area contributed by atoms with Crippen LogP contribution in [0.1, 0.15) is 49.0 Å². The number of rotatable bonds is 5. The molecule has 0 amide bonds. The van der Waals surface area contributed by atoms with Gasteiger partial charge >= 0.3 is 0 Å². The van der Waals surface area contributed by atoms with Crippen molar-refractivity contribution < 1.29 is 9.84 Å². The molecule has 5 nitrogen and oxygen atoms in total. The van der Waals surface area contributed by atoms with Crippen LogP contribution in [0.3, 0.4) is 0 Å². The molecule has 2 aromatic rings. The van der Waals surface area contributed by atoms with Gasteiger partial charge in [-0.05, 0) is 63.5 Å². The fourth-order valence-electron chi connectivity index (χ4n) is 3.97. The molecule has 1 atom stereocenters. The third-order valence-electron chi connectivity index (χ3n) is 5.28. The average molecular weight is 356 g/mol. The summed E-state index contributed by atoms with van der Waals surface area (Å²) in [4.78, 5) is 15.5. The highest BCUT2D eigenvalue weighted by Crippen LogP contribution is 2.35. The molecular weight excluding hydrogens is 328 g/mol. The molecule has 0 unspecified atom stereocenters. The SMILES string of the molecule is CCn1c(C)cc(O)c([C@@H](c2cccc(OC)c2)N2CCCCC2)c1=O. The number of likely N-dealkylation sites (tertiary alicyclic amines) is 1. The molecule has 5 heteroatoms. The largest absolute Gasteiger partial charge is 0.507 e. The highest BCUT2D eigenvalue weighted by Gasteiger charge is 2.30. The minimum absolute atomic E-state index is 0.0793. The maximum Gasteiger partial charge on any atom is 0.259 e. The van der Waals surface area contributed by atoms with E-state index in [0.29, 0.717) is 12.1 Å². The van der Waals surface area contributed by atoms with Gasteiger partial charge in [0.2, 0.25) is 0 Å². The third-order valence-corrected chi connectivity index (χ3v) is 5.28. The highest BCUT2D eigenvalue weighted by molar-refractivity contribution is 5.43. The second-order valence-electron chi connectivity index (χ2n) is 6.91. The number of aromatic nitrogens is 1. The Hall–Kier alpha value is -2.27. The molecule has 26 heavy (non-hydrogen) atoms. The lowest BCUT2D eigenvalue weighted by Crippen LogP contribution is -2.38. The Kier molecular flexibility index (Phi) is 5.67. The number of methoxy groups -OCH3 is 1. The Morgan fingerprint density at radius 2 is 1.92 bits per heavy atom. The number of aromatic hydroxyl groups is 1. The fraction of sp³-hybridized carbons (Fsp3) is 0.476. The lowest BCUT2D eigenvalue weighted by Gasteiger charge is -2.35. The smallest absolute Gasteiger partial charge is 0.259 e. The van der Waals surface area contributed by atoms with Crippen LogP contribution in [0.5, 0.6) is 11.5 Å². The molecule has 1 N–H and O–H groups in total. The number of aryl methyl sites for hydroxylation is 1. The first-order valence-corrected chi connectivity index (χ1v) is 9.38. The summed E-state index contributed by atoms with van der Waals surface area (Å²) in [5.41, 5.74) is 2.11. The van der Waals surface area contributed by atoms with Gasteiger partial charge < -0.3 is 14.4 Å². The first kappa shape index (κ1) is 18.5. The molecule has 0 bridgehead atoms. The van der Waals surface area contributed by atoms with Crippen LogP contribution < -0.4 is 10.3 Å². The van der Waals surface area contributed by atoms with Crippen LogP contribution in [0.25, 0.3) is 0 Å². The van der Waals surface area contributed by atoms with Gasteiger partial charge in [0, 0.05) is 12.2 Å². The van der Waals surface area contributed by atoms with Crippen LogP contribution in [0.2, 0.25) is 0 Å². The summed E-state index contributed by atoms with van der Waals surface area (Å²) in [7, 11) is 1.64. The molecule has 140 valence electrons. The Morgan fingerprint density at radius 3 is 2.58 bits per heavy atom. The predicted octanol–water partition coefficient (Wildman–Crippen LogP) is 3.47. The minimum Gasteiger partial charge on any atom is -0.507 e. The maximum atomic E-state index is 13.2.